The second kappa shape index (κ2) is 7.59. The molecule has 0 bridgehead atoms. The van der Waals surface area contributed by atoms with Crippen LogP contribution in [0.1, 0.15) is 29.0 Å². The van der Waals surface area contributed by atoms with Gasteiger partial charge in [0.1, 0.15) is 18.1 Å². The fourth-order valence-corrected chi connectivity index (χ4v) is 3.04. The first-order valence-corrected chi connectivity index (χ1v) is 8.58. The van der Waals surface area contributed by atoms with Crippen LogP contribution >= 0.6 is 0 Å². The predicted molar refractivity (Wildman–Crippen MR) is 92.8 cm³/mol. The van der Waals surface area contributed by atoms with Crippen LogP contribution < -0.4 is 4.74 Å². The molecule has 138 valence electrons. The number of aromatic nitrogens is 1. The van der Waals surface area contributed by atoms with Crippen LogP contribution in [0.15, 0.2) is 28.8 Å². The molecular weight excluding hydrogens is 336 g/mol. The number of carbonyl (C=O) groups is 2. The average molecular weight is 358 g/mol. The second-order valence-electron chi connectivity index (χ2n) is 6.58. The summed E-state index contributed by atoms with van der Waals surface area (Å²) in [6.07, 6.45) is 0.784. The lowest BCUT2D eigenvalue weighted by Crippen LogP contribution is -2.31. The highest BCUT2D eigenvalue weighted by molar-refractivity contribution is 5.80. The molecule has 1 aromatic heterocycles. The van der Waals surface area contributed by atoms with Crippen molar-refractivity contribution >= 4 is 11.9 Å². The van der Waals surface area contributed by atoms with E-state index in [1.807, 2.05) is 38.1 Å². The van der Waals surface area contributed by atoms with Crippen molar-refractivity contribution in [3.63, 3.8) is 0 Å². The maximum Gasteiger partial charge on any atom is 0.308 e. The summed E-state index contributed by atoms with van der Waals surface area (Å²) in [7, 11) is 0. The van der Waals surface area contributed by atoms with Crippen LogP contribution in [0, 0.1) is 19.8 Å². The Hall–Kier alpha value is -2.83. The normalized spacial score (nSPS) is 16.7. The summed E-state index contributed by atoms with van der Waals surface area (Å²) in [5.74, 6) is 0.126. The molecule has 0 saturated carbocycles. The van der Waals surface area contributed by atoms with Crippen LogP contribution in [-0.2, 0) is 22.6 Å². The van der Waals surface area contributed by atoms with Crippen molar-refractivity contribution in [3.8, 4) is 5.75 Å². The minimum absolute atomic E-state index is 0.0434. The van der Waals surface area contributed by atoms with Crippen LogP contribution in [-0.4, -0.2) is 40.1 Å². The van der Waals surface area contributed by atoms with Gasteiger partial charge in [0.15, 0.2) is 0 Å². The molecule has 2 heterocycles. The molecule has 1 fully saturated rings. The first-order chi connectivity index (χ1) is 12.4. The Bertz CT molecular complexity index is 777. The standard InChI is InChI=1S/C19H22N2O5/c1-12-17(13(2)26-20-12)11-25-16-5-3-14(4-6-16)9-18(22)21-8-7-15(10-21)19(23)24/h3-6,15H,7-11H2,1-2H3,(H,23,24)/t15-/m1/s1. The molecule has 7 nitrogen and oxygen atoms in total. The Kier molecular flexibility index (Phi) is 5.25. The summed E-state index contributed by atoms with van der Waals surface area (Å²) in [6.45, 7) is 4.91. The van der Waals surface area contributed by atoms with E-state index in [-0.39, 0.29) is 12.3 Å². The Morgan fingerprint density at radius 2 is 2.04 bits per heavy atom. The van der Waals surface area contributed by atoms with Gasteiger partial charge in [-0.2, -0.15) is 0 Å². The largest absolute Gasteiger partial charge is 0.489 e. The van der Waals surface area contributed by atoms with Gasteiger partial charge in [0, 0.05) is 13.1 Å². The number of aryl methyl sites for hydroxylation is 2. The number of carbonyl (C=O) groups excluding carboxylic acids is 1. The van der Waals surface area contributed by atoms with Gasteiger partial charge < -0.3 is 19.3 Å². The van der Waals surface area contributed by atoms with Crippen LogP contribution in [0.2, 0.25) is 0 Å². The molecule has 7 heteroatoms. The van der Waals surface area contributed by atoms with Crippen molar-refractivity contribution in [2.24, 2.45) is 5.92 Å². The molecule has 1 N–H and O–H groups in total. The highest BCUT2D eigenvalue weighted by Crippen LogP contribution is 2.20. The van der Waals surface area contributed by atoms with Gasteiger partial charge in [0.05, 0.1) is 23.6 Å². The van der Waals surface area contributed by atoms with E-state index in [2.05, 4.69) is 5.16 Å². The molecular formula is C19H22N2O5. The number of hydrogen-bond acceptors (Lipinski definition) is 5. The lowest BCUT2D eigenvalue weighted by atomic mass is 10.1. The Morgan fingerprint density at radius 1 is 1.31 bits per heavy atom. The first kappa shape index (κ1) is 18.0. The third kappa shape index (κ3) is 4.04. The number of carboxylic acid groups (broad SMARTS) is 1. The number of benzene rings is 1. The van der Waals surface area contributed by atoms with E-state index >= 15 is 0 Å². The SMILES string of the molecule is Cc1noc(C)c1COc1ccc(CC(=O)N2CC[C@@H](C(=O)O)C2)cc1. The van der Waals surface area contributed by atoms with Gasteiger partial charge >= 0.3 is 5.97 Å². The van der Waals surface area contributed by atoms with Crippen molar-refractivity contribution in [2.75, 3.05) is 13.1 Å². The van der Waals surface area contributed by atoms with Gasteiger partial charge in [0.2, 0.25) is 5.91 Å². The first-order valence-electron chi connectivity index (χ1n) is 8.58. The zero-order valence-corrected chi connectivity index (χ0v) is 14.9. The van der Waals surface area contributed by atoms with Crippen LogP contribution in [0.5, 0.6) is 5.75 Å². The Morgan fingerprint density at radius 3 is 2.62 bits per heavy atom. The molecule has 2 aromatic rings. The van der Waals surface area contributed by atoms with Gasteiger partial charge in [-0.15, -0.1) is 0 Å². The molecule has 0 unspecified atom stereocenters. The zero-order chi connectivity index (χ0) is 18.7. The highest BCUT2D eigenvalue weighted by Gasteiger charge is 2.30. The van der Waals surface area contributed by atoms with Crippen molar-refractivity contribution < 1.29 is 24.0 Å². The van der Waals surface area contributed by atoms with E-state index in [0.717, 1.165) is 22.6 Å². The summed E-state index contributed by atoms with van der Waals surface area (Å²) in [4.78, 5) is 24.9. The number of hydrogen-bond donors (Lipinski definition) is 1. The molecule has 1 aromatic carbocycles. The van der Waals surface area contributed by atoms with Crippen LogP contribution in [0.25, 0.3) is 0 Å². The molecule has 1 aliphatic heterocycles. The number of rotatable bonds is 6. The molecule has 26 heavy (non-hydrogen) atoms. The maximum absolute atomic E-state index is 12.3. The van der Waals surface area contributed by atoms with Crippen LogP contribution in [0.4, 0.5) is 0 Å². The number of amides is 1. The minimum Gasteiger partial charge on any atom is -0.489 e. The Labute approximate surface area is 151 Å². The molecule has 0 spiro atoms. The predicted octanol–water partition coefficient (Wildman–Crippen LogP) is 2.35. The zero-order valence-electron chi connectivity index (χ0n) is 14.9. The van der Waals surface area contributed by atoms with E-state index in [1.165, 1.54) is 0 Å². The number of nitrogens with zero attached hydrogens (tertiary/aromatic N) is 2. The monoisotopic (exact) mass is 358 g/mol. The average Bonchev–Trinajstić information content (AvgIpc) is 3.22. The van der Waals surface area contributed by atoms with E-state index in [9.17, 15) is 9.59 Å². The fourth-order valence-electron chi connectivity index (χ4n) is 3.04. The fraction of sp³-hybridized carbons (Fsp3) is 0.421. The lowest BCUT2D eigenvalue weighted by molar-refractivity contribution is -0.141. The number of carboxylic acids is 1. The molecule has 3 rings (SSSR count). The third-order valence-corrected chi connectivity index (χ3v) is 4.73. The van der Waals surface area contributed by atoms with Crippen molar-refractivity contribution in [1.29, 1.82) is 0 Å². The Balaban J connectivity index is 1.53. The minimum atomic E-state index is -0.833. The van der Waals surface area contributed by atoms with Gasteiger partial charge in [-0.3, -0.25) is 9.59 Å². The lowest BCUT2D eigenvalue weighted by Gasteiger charge is -2.16. The van der Waals surface area contributed by atoms with Gasteiger partial charge in [-0.25, -0.2) is 0 Å². The van der Waals surface area contributed by atoms with Crippen LogP contribution in [0.3, 0.4) is 0 Å². The van der Waals surface area contributed by atoms with Gasteiger partial charge in [-0.05, 0) is 38.0 Å². The molecule has 1 aliphatic rings. The highest BCUT2D eigenvalue weighted by atomic mass is 16.5. The summed E-state index contributed by atoms with van der Waals surface area (Å²) < 4.78 is 10.9. The molecule has 1 atom stereocenters. The summed E-state index contributed by atoms with van der Waals surface area (Å²) in [5.41, 5.74) is 2.62. The van der Waals surface area contributed by atoms with E-state index in [0.29, 0.717) is 31.9 Å². The van der Waals surface area contributed by atoms with Gasteiger partial charge in [-0.1, -0.05) is 17.3 Å². The topological polar surface area (TPSA) is 92.9 Å². The van der Waals surface area contributed by atoms with E-state index in [4.69, 9.17) is 14.4 Å². The molecule has 0 aliphatic carbocycles. The van der Waals surface area contributed by atoms with Crippen molar-refractivity contribution in [2.45, 2.75) is 33.3 Å². The van der Waals surface area contributed by atoms with E-state index in [1.54, 1.807) is 4.90 Å². The third-order valence-electron chi connectivity index (χ3n) is 4.73. The number of aliphatic carboxylic acids is 1. The quantitative estimate of drug-likeness (QED) is 0.852. The van der Waals surface area contributed by atoms with Crippen molar-refractivity contribution in [3.05, 3.63) is 46.8 Å². The van der Waals surface area contributed by atoms with Gasteiger partial charge in [0.25, 0.3) is 0 Å². The molecule has 0 radical (unpaired) electrons. The van der Waals surface area contributed by atoms with Crippen molar-refractivity contribution in [1.82, 2.24) is 10.1 Å². The smallest absolute Gasteiger partial charge is 0.308 e. The summed E-state index contributed by atoms with van der Waals surface area (Å²) in [6, 6.07) is 7.35. The molecule has 1 amide bonds. The second-order valence-corrected chi connectivity index (χ2v) is 6.58. The maximum atomic E-state index is 12.3. The van der Waals surface area contributed by atoms with E-state index < -0.39 is 11.9 Å². The molecule has 1 saturated heterocycles. The summed E-state index contributed by atoms with van der Waals surface area (Å²) in [5, 5.41) is 12.9. The number of ether oxygens (including phenoxy) is 1. The number of likely N-dealkylation sites (tertiary alicyclic amines) is 1. The summed E-state index contributed by atoms with van der Waals surface area (Å²) >= 11 is 0.